The number of carbonyl (C=O) groups excluding carboxylic acids is 5. The van der Waals surface area contributed by atoms with E-state index in [4.69, 9.17) is 18.9 Å². The van der Waals surface area contributed by atoms with Crippen LogP contribution >= 0.6 is 0 Å². The molecule has 0 aliphatic heterocycles. The van der Waals surface area contributed by atoms with Crippen molar-refractivity contribution in [2.75, 3.05) is 18.3 Å². The van der Waals surface area contributed by atoms with Crippen LogP contribution in [-0.4, -0.2) is 84.0 Å². The molecule has 2 amide bonds. The van der Waals surface area contributed by atoms with Crippen molar-refractivity contribution >= 4 is 56.8 Å². The first-order chi connectivity index (χ1) is 31.3. The molecule has 4 atom stereocenters. The van der Waals surface area contributed by atoms with Gasteiger partial charge in [0, 0.05) is 49.8 Å². The monoisotopic (exact) mass is 943 g/mol. The Bertz CT molecular complexity index is 2710. The maximum atomic E-state index is 14.2. The number of fused-ring (bicyclic) bond motifs is 1. The minimum absolute atomic E-state index is 0.00342. The van der Waals surface area contributed by atoms with Crippen molar-refractivity contribution in [3.05, 3.63) is 102 Å². The molecule has 0 spiro atoms. The molecular formula is C49H58FN5O11S. The third-order valence-electron chi connectivity index (χ3n) is 10.8. The highest BCUT2D eigenvalue weighted by molar-refractivity contribution is 7.90. The number of esters is 1. The largest absolute Gasteiger partial charge is 0.495 e. The molecule has 0 aliphatic rings. The molecule has 0 saturated heterocycles. The van der Waals surface area contributed by atoms with Gasteiger partial charge in [-0.15, -0.1) is 5.10 Å². The smallest absolute Gasteiger partial charge is 0.424 e. The second-order valence-corrected chi connectivity index (χ2v) is 20.0. The Kier molecular flexibility index (Phi) is 16.3. The van der Waals surface area contributed by atoms with E-state index in [0.29, 0.717) is 11.2 Å². The van der Waals surface area contributed by atoms with Gasteiger partial charge >= 0.3 is 18.2 Å². The number of halogens is 1. The van der Waals surface area contributed by atoms with Gasteiger partial charge in [-0.3, -0.25) is 14.4 Å². The van der Waals surface area contributed by atoms with Crippen LogP contribution < -0.4 is 15.0 Å². The lowest BCUT2D eigenvalue weighted by Crippen LogP contribution is -2.47. The van der Waals surface area contributed by atoms with Crippen LogP contribution in [-0.2, 0) is 44.9 Å². The summed E-state index contributed by atoms with van der Waals surface area (Å²) in [6.07, 6.45) is -0.833. The first-order valence-corrected chi connectivity index (χ1v) is 23.6. The molecule has 0 fully saturated rings. The number of ether oxygens (including phenoxy) is 4. The zero-order valence-corrected chi connectivity index (χ0v) is 40.3. The molecule has 16 nitrogen and oxygen atoms in total. The fraction of sp³-hybridized carbons (Fsp3) is 0.408. The number of nitrogens with one attached hydrogen (secondary N) is 1. The maximum Gasteiger partial charge on any atom is 0.424 e. The highest BCUT2D eigenvalue weighted by atomic mass is 32.2. The Balaban J connectivity index is 1.38. The average molecular weight is 944 g/mol. The second kappa shape index (κ2) is 21.3. The lowest BCUT2D eigenvalue weighted by molar-refractivity contribution is -0.172. The molecule has 3 aromatic carbocycles. The molecule has 1 unspecified atom stereocenters. The molecule has 1 N–H and O–H groups in total. The molecule has 5 aromatic rings. The highest BCUT2D eigenvalue weighted by Crippen LogP contribution is 2.36. The van der Waals surface area contributed by atoms with E-state index in [1.807, 2.05) is 24.3 Å². The van der Waals surface area contributed by atoms with Crippen molar-refractivity contribution in [3.63, 3.8) is 0 Å². The van der Waals surface area contributed by atoms with Gasteiger partial charge in [-0.05, 0) is 85.7 Å². The molecule has 0 aliphatic carbocycles. The van der Waals surface area contributed by atoms with Crippen LogP contribution in [0.4, 0.5) is 25.6 Å². The summed E-state index contributed by atoms with van der Waals surface area (Å²) in [6.45, 7) is 15.2. The molecule has 2 heterocycles. The molecule has 0 saturated carbocycles. The van der Waals surface area contributed by atoms with Crippen LogP contribution in [0.15, 0.2) is 90.0 Å². The number of benzene rings is 3. The Hall–Kier alpha value is -6.69. The van der Waals surface area contributed by atoms with Gasteiger partial charge in [0.25, 0.3) is 5.95 Å². The summed E-state index contributed by atoms with van der Waals surface area (Å²) in [5, 5.41) is 7.19. The topological polar surface area (TPSA) is 202 Å². The summed E-state index contributed by atoms with van der Waals surface area (Å²) in [6, 6.07) is 19.6. The first kappa shape index (κ1) is 51.3. The van der Waals surface area contributed by atoms with E-state index in [2.05, 4.69) is 15.4 Å². The molecule has 5 rings (SSSR count). The average Bonchev–Trinajstić information content (AvgIpc) is 3.66. The fourth-order valence-electron chi connectivity index (χ4n) is 7.06. The van der Waals surface area contributed by atoms with Gasteiger partial charge in [0.05, 0.1) is 29.7 Å². The fourth-order valence-corrected chi connectivity index (χ4v) is 7.70. The zero-order chi connectivity index (χ0) is 49.5. The van der Waals surface area contributed by atoms with Gasteiger partial charge in [-0.25, -0.2) is 31.8 Å². The van der Waals surface area contributed by atoms with Crippen LogP contribution in [0.25, 0.3) is 16.8 Å². The van der Waals surface area contributed by atoms with Gasteiger partial charge in [0.2, 0.25) is 6.29 Å². The number of rotatable bonds is 18. The zero-order valence-electron chi connectivity index (χ0n) is 39.5. The summed E-state index contributed by atoms with van der Waals surface area (Å²) in [7, 11) is -2.42. The summed E-state index contributed by atoms with van der Waals surface area (Å²) >= 11 is 0. The Labute approximate surface area is 390 Å². The third-order valence-corrected chi connectivity index (χ3v) is 11.9. The van der Waals surface area contributed by atoms with Crippen molar-refractivity contribution in [2.24, 2.45) is 17.8 Å². The molecule has 67 heavy (non-hydrogen) atoms. The van der Waals surface area contributed by atoms with Crippen LogP contribution in [0.2, 0.25) is 0 Å². The van der Waals surface area contributed by atoms with Crippen LogP contribution in [0.3, 0.4) is 0 Å². The number of hydrogen-bond acceptors (Lipinski definition) is 13. The van der Waals surface area contributed by atoms with E-state index in [0.717, 1.165) is 27.8 Å². The van der Waals surface area contributed by atoms with Gasteiger partial charge in [0.1, 0.15) is 23.0 Å². The summed E-state index contributed by atoms with van der Waals surface area (Å²) in [5.74, 6) is -4.05. The van der Waals surface area contributed by atoms with Crippen molar-refractivity contribution in [1.29, 1.82) is 0 Å². The van der Waals surface area contributed by atoms with Gasteiger partial charge in [-0.1, -0.05) is 71.0 Å². The Morgan fingerprint density at radius 2 is 1.46 bits per heavy atom. The number of anilines is 2. The predicted octanol–water partition coefficient (Wildman–Crippen LogP) is 8.81. The van der Waals surface area contributed by atoms with E-state index >= 15 is 0 Å². The first-order valence-electron chi connectivity index (χ1n) is 21.7. The molecule has 0 radical (unpaired) electrons. The quantitative estimate of drug-likeness (QED) is 0.0646. The molecule has 18 heteroatoms. The van der Waals surface area contributed by atoms with Crippen molar-refractivity contribution < 1.29 is 55.7 Å². The lowest BCUT2D eigenvalue weighted by atomic mass is 9.86. The molecule has 2 aromatic heterocycles. The maximum absolute atomic E-state index is 14.2. The number of amides is 2. The van der Waals surface area contributed by atoms with E-state index in [1.54, 1.807) is 85.9 Å². The van der Waals surface area contributed by atoms with Crippen LogP contribution in [0, 0.1) is 23.6 Å². The summed E-state index contributed by atoms with van der Waals surface area (Å²) in [5.41, 5.74) is 2.52. The van der Waals surface area contributed by atoms with Gasteiger partial charge < -0.3 is 24.3 Å². The Morgan fingerprint density at radius 3 is 2.04 bits per heavy atom. The number of hydrogen-bond donors (Lipinski definition) is 1. The number of ketones is 2. The normalized spacial score (nSPS) is 13.6. The number of Topliss-reactive ketones (excluding diaryl/α,β-unsaturated/α-hetero) is 2. The van der Waals surface area contributed by atoms with Crippen molar-refractivity contribution in [2.45, 2.75) is 104 Å². The van der Waals surface area contributed by atoms with E-state index in [9.17, 15) is 36.8 Å². The number of methoxy groups -OCH3 is 1. The summed E-state index contributed by atoms with van der Waals surface area (Å²) in [4.78, 5) is 72.5. The number of aromatic nitrogens is 3. The number of carbonyl (C=O) groups is 5. The van der Waals surface area contributed by atoms with E-state index < -0.39 is 69.5 Å². The minimum Gasteiger partial charge on any atom is -0.495 e. The standard InChI is InChI=1S/C49H58FN5O11S/c1-28(2)38(26-41(57)44(29(3)4)52-47(59)66-49(7,8)9)45(58)64-31(6)65-48(60)55(39-22-21-37(67(11,61)62)25-42(39)63-10)46-51-43-23-18-35(27-54(43)53-46)34-14-12-32(13-15-34)24-40(56)30(5)33-16-19-36(50)20-17-33/h12-23,25,27-31,38,44H,24,26H2,1-11H3,(H,52,59)/t30-,31?,38+,44+/m1/s1. The SMILES string of the molecule is COc1cc(S(C)(=O)=O)ccc1N(C(=O)OC(C)OC(=O)[C@@H](CC(=O)[C@@H](NC(=O)OC(C)(C)C)C(C)C)C(C)C)c1nc2ccc(-c3ccc(CC(=O)[C@H](C)c4ccc(F)cc4)cc3)cn2n1. The van der Waals surface area contributed by atoms with Crippen LogP contribution in [0.5, 0.6) is 5.75 Å². The van der Waals surface area contributed by atoms with Gasteiger partial charge in [-0.2, -0.15) is 4.98 Å². The number of nitrogens with zero attached hydrogens (tertiary/aromatic N) is 4. The predicted molar refractivity (Wildman–Crippen MR) is 248 cm³/mol. The van der Waals surface area contributed by atoms with Gasteiger partial charge in [0.15, 0.2) is 21.3 Å². The number of alkyl carbamates (subject to hydrolysis) is 1. The van der Waals surface area contributed by atoms with E-state index in [1.165, 1.54) is 48.9 Å². The molecule has 358 valence electrons. The second-order valence-electron chi connectivity index (χ2n) is 18.0. The van der Waals surface area contributed by atoms with E-state index in [-0.39, 0.29) is 52.6 Å². The number of sulfone groups is 1. The molecular weight excluding hydrogens is 886 g/mol. The van der Waals surface area contributed by atoms with Crippen molar-refractivity contribution in [3.8, 4) is 16.9 Å². The third kappa shape index (κ3) is 13.5. The number of pyridine rings is 1. The minimum atomic E-state index is -3.71. The van der Waals surface area contributed by atoms with Crippen molar-refractivity contribution in [1.82, 2.24) is 19.9 Å². The lowest BCUT2D eigenvalue weighted by Gasteiger charge is -2.27. The summed E-state index contributed by atoms with van der Waals surface area (Å²) < 4.78 is 62.0. The Morgan fingerprint density at radius 1 is 0.821 bits per heavy atom. The molecule has 0 bridgehead atoms. The highest BCUT2D eigenvalue weighted by Gasteiger charge is 2.35. The van der Waals surface area contributed by atoms with Crippen LogP contribution in [0.1, 0.15) is 85.8 Å².